The van der Waals surface area contributed by atoms with Crippen LogP contribution in [0.25, 0.3) is 0 Å². The van der Waals surface area contributed by atoms with E-state index in [4.69, 9.17) is 17.3 Å². The molecule has 0 aliphatic carbocycles. The number of nitrogens with two attached hydrogens (primary N) is 1. The van der Waals surface area contributed by atoms with Gasteiger partial charge in [-0.3, -0.25) is 9.48 Å². The van der Waals surface area contributed by atoms with Crippen molar-refractivity contribution in [3.63, 3.8) is 0 Å². The second-order valence-electron chi connectivity index (χ2n) is 4.07. The topological polar surface area (TPSA) is 72.9 Å². The van der Waals surface area contributed by atoms with Gasteiger partial charge in [-0.25, -0.2) is 0 Å². The van der Waals surface area contributed by atoms with Crippen molar-refractivity contribution in [1.29, 1.82) is 0 Å². The Labute approximate surface area is 116 Å². The highest BCUT2D eigenvalue weighted by Crippen LogP contribution is 2.16. The standard InChI is InChI=1S/C13H15ClN4O/c1-2-18-12(13(15)19)11(8-17-18)16-7-9-3-5-10(14)6-4-9/h3-6,8,16H,2,7H2,1H3,(H2,15,19). The number of hydrogen-bond donors (Lipinski definition) is 2. The third kappa shape index (κ3) is 3.06. The number of aromatic nitrogens is 2. The summed E-state index contributed by atoms with van der Waals surface area (Å²) in [5.74, 6) is -0.488. The van der Waals surface area contributed by atoms with E-state index in [0.29, 0.717) is 29.5 Å². The third-order valence-corrected chi connectivity index (χ3v) is 3.02. The van der Waals surface area contributed by atoms with Crippen molar-refractivity contribution in [2.45, 2.75) is 20.0 Å². The van der Waals surface area contributed by atoms with Crippen LogP contribution in [-0.4, -0.2) is 15.7 Å². The van der Waals surface area contributed by atoms with Gasteiger partial charge in [0.1, 0.15) is 5.69 Å². The van der Waals surface area contributed by atoms with E-state index in [1.807, 2.05) is 31.2 Å². The predicted molar refractivity (Wildman–Crippen MR) is 75.2 cm³/mol. The second-order valence-corrected chi connectivity index (χ2v) is 4.50. The molecule has 1 aromatic carbocycles. The summed E-state index contributed by atoms with van der Waals surface area (Å²) in [5, 5.41) is 7.97. The first kappa shape index (κ1) is 13.4. The Hall–Kier alpha value is -2.01. The average molecular weight is 279 g/mol. The van der Waals surface area contributed by atoms with Crippen molar-refractivity contribution in [3.8, 4) is 0 Å². The summed E-state index contributed by atoms with van der Waals surface area (Å²) in [4.78, 5) is 11.4. The summed E-state index contributed by atoms with van der Waals surface area (Å²) in [5.41, 5.74) is 7.47. The molecule has 2 aromatic rings. The van der Waals surface area contributed by atoms with Gasteiger partial charge < -0.3 is 11.1 Å². The van der Waals surface area contributed by atoms with Gasteiger partial charge in [0.15, 0.2) is 0 Å². The number of nitrogens with zero attached hydrogens (tertiary/aromatic N) is 2. The Bertz CT molecular complexity index is 577. The van der Waals surface area contributed by atoms with E-state index < -0.39 is 5.91 Å². The van der Waals surface area contributed by atoms with Crippen LogP contribution in [0, 0.1) is 0 Å². The molecule has 0 spiro atoms. The van der Waals surface area contributed by atoms with Crippen LogP contribution in [0.15, 0.2) is 30.5 Å². The zero-order chi connectivity index (χ0) is 13.8. The molecule has 5 nitrogen and oxygen atoms in total. The summed E-state index contributed by atoms with van der Waals surface area (Å²) in [6.07, 6.45) is 1.61. The number of aryl methyl sites for hydroxylation is 1. The second kappa shape index (κ2) is 5.75. The van der Waals surface area contributed by atoms with Gasteiger partial charge in [-0.2, -0.15) is 5.10 Å². The molecule has 0 aliphatic heterocycles. The maximum absolute atomic E-state index is 11.4. The van der Waals surface area contributed by atoms with Crippen molar-refractivity contribution < 1.29 is 4.79 Å². The number of halogens is 1. The highest BCUT2D eigenvalue weighted by atomic mass is 35.5. The minimum atomic E-state index is -0.488. The van der Waals surface area contributed by atoms with E-state index in [0.717, 1.165) is 5.56 Å². The fraction of sp³-hybridized carbons (Fsp3) is 0.231. The smallest absolute Gasteiger partial charge is 0.269 e. The molecule has 1 heterocycles. The van der Waals surface area contributed by atoms with E-state index in [1.54, 1.807) is 10.9 Å². The largest absolute Gasteiger partial charge is 0.378 e. The predicted octanol–water partition coefficient (Wildman–Crippen LogP) is 2.27. The lowest BCUT2D eigenvalue weighted by Gasteiger charge is -2.07. The number of nitrogens with one attached hydrogen (secondary N) is 1. The van der Waals surface area contributed by atoms with Crippen LogP contribution < -0.4 is 11.1 Å². The number of anilines is 1. The highest BCUT2D eigenvalue weighted by molar-refractivity contribution is 6.30. The molecule has 2 rings (SSSR count). The van der Waals surface area contributed by atoms with Crippen LogP contribution in [0.2, 0.25) is 5.02 Å². The number of primary amides is 1. The highest BCUT2D eigenvalue weighted by Gasteiger charge is 2.14. The number of amides is 1. The van der Waals surface area contributed by atoms with E-state index in [-0.39, 0.29) is 0 Å². The van der Waals surface area contributed by atoms with E-state index >= 15 is 0 Å². The zero-order valence-corrected chi connectivity index (χ0v) is 11.3. The Balaban J connectivity index is 2.13. The van der Waals surface area contributed by atoms with Gasteiger partial charge in [0, 0.05) is 18.1 Å². The number of carbonyl (C=O) groups excluding carboxylic acids is 1. The van der Waals surface area contributed by atoms with Gasteiger partial charge in [0.2, 0.25) is 0 Å². The van der Waals surface area contributed by atoms with Crippen LogP contribution >= 0.6 is 11.6 Å². The van der Waals surface area contributed by atoms with Crippen molar-refractivity contribution in [1.82, 2.24) is 9.78 Å². The van der Waals surface area contributed by atoms with Crippen molar-refractivity contribution in [2.75, 3.05) is 5.32 Å². The molecule has 6 heteroatoms. The van der Waals surface area contributed by atoms with Crippen LogP contribution in [0.3, 0.4) is 0 Å². The summed E-state index contributed by atoms with van der Waals surface area (Å²) in [6.45, 7) is 3.08. The molecule has 19 heavy (non-hydrogen) atoms. The maximum atomic E-state index is 11.4. The maximum Gasteiger partial charge on any atom is 0.269 e. The molecule has 0 bridgehead atoms. The summed E-state index contributed by atoms with van der Waals surface area (Å²) in [6, 6.07) is 7.49. The quantitative estimate of drug-likeness (QED) is 0.881. The Morgan fingerprint density at radius 3 is 2.68 bits per heavy atom. The third-order valence-electron chi connectivity index (χ3n) is 2.77. The van der Waals surface area contributed by atoms with E-state index in [9.17, 15) is 4.79 Å². The fourth-order valence-corrected chi connectivity index (χ4v) is 1.94. The lowest BCUT2D eigenvalue weighted by Crippen LogP contribution is -2.19. The monoisotopic (exact) mass is 278 g/mol. The van der Waals surface area contributed by atoms with Crippen molar-refractivity contribution in [3.05, 3.63) is 46.7 Å². The molecule has 0 atom stereocenters. The molecule has 1 amide bonds. The Morgan fingerprint density at radius 1 is 1.42 bits per heavy atom. The average Bonchev–Trinajstić information content (AvgIpc) is 2.81. The normalized spacial score (nSPS) is 10.4. The molecule has 0 fully saturated rings. The van der Waals surface area contributed by atoms with Crippen molar-refractivity contribution in [2.24, 2.45) is 5.73 Å². The van der Waals surface area contributed by atoms with Gasteiger partial charge in [-0.05, 0) is 24.6 Å². The number of rotatable bonds is 5. The summed E-state index contributed by atoms with van der Waals surface area (Å²) < 4.78 is 1.58. The molecule has 0 saturated heterocycles. The fourth-order valence-electron chi connectivity index (χ4n) is 1.81. The SMILES string of the molecule is CCn1ncc(NCc2ccc(Cl)cc2)c1C(N)=O. The van der Waals surface area contributed by atoms with Crippen LogP contribution in [0.4, 0.5) is 5.69 Å². The van der Waals surface area contributed by atoms with Crippen LogP contribution in [0.1, 0.15) is 23.0 Å². The first-order valence-electron chi connectivity index (χ1n) is 5.95. The van der Waals surface area contributed by atoms with E-state index in [2.05, 4.69) is 10.4 Å². The van der Waals surface area contributed by atoms with Crippen LogP contribution in [0.5, 0.6) is 0 Å². The Morgan fingerprint density at radius 2 is 2.11 bits per heavy atom. The molecule has 3 N–H and O–H groups in total. The van der Waals surface area contributed by atoms with Gasteiger partial charge in [-0.1, -0.05) is 23.7 Å². The number of hydrogen-bond acceptors (Lipinski definition) is 3. The lowest BCUT2D eigenvalue weighted by atomic mass is 10.2. The number of carbonyl (C=O) groups is 1. The molecule has 0 radical (unpaired) electrons. The molecule has 1 aromatic heterocycles. The first-order valence-corrected chi connectivity index (χ1v) is 6.33. The minimum absolute atomic E-state index is 0.400. The Kier molecular flexibility index (Phi) is 4.06. The lowest BCUT2D eigenvalue weighted by molar-refractivity contribution is 0.0991. The van der Waals surface area contributed by atoms with Gasteiger partial charge in [0.25, 0.3) is 5.91 Å². The van der Waals surface area contributed by atoms with E-state index in [1.165, 1.54) is 0 Å². The molecule has 0 unspecified atom stereocenters. The van der Waals surface area contributed by atoms with Crippen molar-refractivity contribution >= 4 is 23.2 Å². The zero-order valence-electron chi connectivity index (χ0n) is 10.6. The molecule has 0 aliphatic rings. The minimum Gasteiger partial charge on any atom is -0.378 e. The molecular formula is C13H15ClN4O. The number of benzene rings is 1. The van der Waals surface area contributed by atoms with Gasteiger partial charge >= 0.3 is 0 Å². The molecule has 100 valence electrons. The molecule has 0 saturated carbocycles. The molecular weight excluding hydrogens is 264 g/mol. The van der Waals surface area contributed by atoms with Gasteiger partial charge in [-0.15, -0.1) is 0 Å². The van der Waals surface area contributed by atoms with Crippen LogP contribution in [-0.2, 0) is 13.1 Å². The van der Waals surface area contributed by atoms with Gasteiger partial charge in [0.05, 0.1) is 11.9 Å². The first-order chi connectivity index (χ1) is 9.11. The summed E-state index contributed by atoms with van der Waals surface area (Å²) in [7, 11) is 0. The summed E-state index contributed by atoms with van der Waals surface area (Å²) >= 11 is 5.82.